The van der Waals surface area contributed by atoms with Crippen LogP contribution in [0.2, 0.25) is 0 Å². The fourth-order valence-corrected chi connectivity index (χ4v) is 1.57. The Kier molecular flexibility index (Phi) is 6.43. The molecule has 5 heteroatoms. The van der Waals surface area contributed by atoms with Crippen LogP contribution in [0, 0.1) is 6.92 Å². The summed E-state index contributed by atoms with van der Waals surface area (Å²) in [5.74, 6) is 0.349. The van der Waals surface area contributed by atoms with Crippen LogP contribution >= 0.6 is 0 Å². The van der Waals surface area contributed by atoms with Crippen LogP contribution in [0.4, 0.5) is 5.95 Å². The van der Waals surface area contributed by atoms with E-state index in [1.165, 1.54) is 17.2 Å². The average molecular weight is 274 g/mol. The minimum atomic E-state index is -0.191. The van der Waals surface area contributed by atoms with Crippen molar-refractivity contribution in [2.24, 2.45) is 5.10 Å². The van der Waals surface area contributed by atoms with Crippen LogP contribution in [0.15, 0.2) is 39.3 Å². The van der Waals surface area contributed by atoms with E-state index in [1.807, 2.05) is 6.08 Å². The van der Waals surface area contributed by atoms with Crippen molar-refractivity contribution in [2.75, 3.05) is 5.43 Å². The number of aromatic nitrogens is 2. The third-order valence-electron chi connectivity index (χ3n) is 2.57. The Morgan fingerprint density at radius 1 is 1.45 bits per heavy atom. The number of nitrogens with one attached hydrogen (secondary N) is 2. The minimum Gasteiger partial charge on any atom is -0.291 e. The first-order valence-electron chi connectivity index (χ1n) is 6.63. The van der Waals surface area contributed by atoms with Crippen molar-refractivity contribution >= 4 is 12.2 Å². The van der Waals surface area contributed by atoms with Crippen molar-refractivity contribution in [3.63, 3.8) is 0 Å². The maximum atomic E-state index is 11.2. The molecule has 108 valence electrons. The molecular formula is C15H22N4O. The molecular weight excluding hydrogens is 252 g/mol. The zero-order chi connectivity index (χ0) is 15.0. The number of nitrogens with zero attached hydrogens (tertiary/aromatic N) is 2. The van der Waals surface area contributed by atoms with E-state index >= 15 is 0 Å². The van der Waals surface area contributed by atoms with Crippen LogP contribution in [0.3, 0.4) is 0 Å². The van der Waals surface area contributed by atoms with Gasteiger partial charge in [-0.25, -0.2) is 10.4 Å². The molecule has 1 rings (SSSR count). The molecule has 0 spiro atoms. The summed E-state index contributed by atoms with van der Waals surface area (Å²) in [5.41, 5.74) is 5.75. The molecule has 0 aliphatic rings. The lowest BCUT2D eigenvalue weighted by molar-refractivity contribution is 0.969. The van der Waals surface area contributed by atoms with E-state index in [0.29, 0.717) is 11.6 Å². The van der Waals surface area contributed by atoms with Crippen molar-refractivity contribution < 1.29 is 0 Å². The van der Waals surface area contributed by atoms with Gasteiger partial charge in [0.1, 0.15) is 0 Å². The van der Waals surface area contributed by atoms with Crippen LogP contribution in [0.5, 0.6) is 0 Å². The van der Waals surface area contributed by atoms with E-state index < -0.39 is 0 Å². The maximum absolute atomic E-state index is 11.2. The fourth-order valence-electron chi connectivity index (χ4n) is 1.57. The summed E-state index contributed by atoms with van der Waals surface area (Å²) in [7, 11) is 0. The second-order valence-electron chi connectivity index (χ2n) is 4.96. The van der Waals surface area contributed by atoms with Crippen LogP contribution in [-0.2, 0) is 0 Å². The van der Waals surface area contributed by atoms with Gasteiger partial charge in [0.2, 0.25) is 5.95 Å². The third-order valence-corrected chi connectivity index (χ3v) is 2.57. The second-order valence-corrected chi connectivity index (χ2v) is 4.96. The largest absolute Gasteiger partial charge is 0.291 e. The summed E-state index contributed by atoms with van der Waals surface area (Å²) in [6, 6.07) is 1.43. The van der Waals surface area contributed by atoms with Gasteiger partial charge in [0.15, 0.2) is 0 Å². The van der Waals surface area contributed by atoms with E-state index in [1.54, 1.807) is 13.1 Å². The Bertz CT molecular complexity index is 578. The number of aryl methyl sites for hydroxylation is 1. The van der Waals surface area contributed by atoms with Crippen molar-refractivity contribution in [1.29, 1.82) is 0 Å². The van der Waals surface area contributed by atoms with Gasteiger partial charge in [-0.3, -0.25) is 9.78 Å². The molecule has 5 nitrogen and oxygen atoms in total. The molecule has 0 aromatic carbocycles. The van der Waals surface area contributed by atoms with Gasteiger partial charge < -0.3 is 0 Å². The molecule has 1 heterocycles. The maximum Gasteiger partial charge on any atom is 0.252 e. The van der Waals surface area contributed by atoms with E-state index in [-0.39, 0.29) is 5.56 Å². The molecule has 20 heavy (non-hydrogen) atoms. The predicted octanol–water partition coefficient (Wildman–Crippen LogP) is 3.17. The lowest BCUT2D eigenvalue weighted by Crippen LogP contribution is -2.10. The van der Waals surface area contributed by atoms with Crippen LogP contribution in [-0.4, -0.2) is 16.2 Å². The monoisotopic (exact) mass is 274 g/mol. The second kappa shape index (κ2) is 8.09. The van der Waals surface area contributed by atoms with E-state index in [9.17, 15) is 4.79 Å². The molecule has 1 aromatic rings. The smallest absolute Gasteiger partial charge is 0.252 e. The minimum absolute atomic E-state index is 0.191. The van der Waals surface area contributed by atoms with Crippen molar-refractivity contribution in [1.82, 2.24) is 9.97 Å². The van der Waals surface area contributed by atoms with Gasteiger partial charge in [0, 0.05) is 18.0 Å². The molecule has 2 N–H and O–H groups in total. The number of rotatable bonds is 6. The van der Waals surface area contributed by atoms with E-state index in [4.69, 9.17) is 0 Å². The molecule has 1 aromatic heterocycles. The molecule has 0 amide bonds. The normalized spacial score (nSPS) is 11.7. The van der Waals surface area contributed by atoms with Gasteiger partial charge in [0.25, 0.3) is 5.56 Å². The van der Waals surface area contributed by atoms with E-state index in [0.717, 1.165) is 12.8 Å². The molecule has 0 atom stereocenters. The number of hydrogen-bond acceptors (Lipinski definition) is 4. The summed E-state index contributed by atoms with van der Waals surface area (Å²) >= 11 is 0. The standard InChI is InChI=1S/C15H22N4O/c1-11(2)6-5-7-12(3)8-9-16-19-15-17-13(4)10-14(20)18-15/h6,8-10H,5,7H2,1-4H3,(H2,17,18,19,20)/b12-8+,16-9?. The molecule has 0 aliphatic carbocycles. The zero-order valence-corrected chi connectivity index (χ0v) is 12.5. The lowest BCUT2D eigenvalue weighted by atomic mass is 10.1. The van der Waals surface area contributed by atoms with Crippen LogP contribution in [0.1, 0.15) is 39.3 Å². The van der Waals surface area contributed by atoms with Gasteiger partial charge in [-0.05, 0) is 46.6 Å². The molecule has 0 fully saturated rings. The molecule has 0 saturated heterocycles. The number of anilines is 1. The lowest BCUT2D eigenvalue weighted by Gasteiger charge is -1.99. The number of hydrazone groups is 1. The first-order chi connectivity index (χ1) is 9.47. The molecule has 0 aliphatic heterocycles. The molecule has 0 saturated carbocycles. The Morgan fingerprint density at radius 3 is 2.85 bits per heavy atom. The topological polar surface area (TPSA) is 70.1 Å². The van der Waals surface area contributed by atoms with Gasteiger partial charge in [-0.2, -0.15) is 5.10 Å². The first-order valence-corrected chi connectivity index (χ1v) is 6.63. The third kappa shape index (κ3) is 6.68. The Hall–Kier alpha value is -2.17. The SMILES string of the molecule is CC(C)=CCC/C(C)=C/C=NNc1nc(C)cc(=O)[nH]1. The number of H-pyrrole nitrogens is 1. The summed E-state index contributed by atoms with van der Waals surface area (Å²) in [6.07, 6.45) is 7.88. The highest BCUT2D eigenvalue weighted by Gasteiger charge is 1.94. The number of allylic oxidation sites excluding steroid dienone is 4. The van der Waals surface area contributed by atoms with E-state index in [2.05, 4.69) is 47.3 Å². The quantitative estimate of drug-likeness (QED) is 0.475. The summed E-state index contributed by atoms with van der Waals surface area (Å²) in [6.45, 7) is 8.02. The van der Waals surface area contributed by atoms with Crippen molar-refractivity contribution in [2.45, 2.75) is 40.5 Å². The summed E-state index contributed by atoms with van der Waals surface area (Å²) in [5, 5.41) is 4.01. The Balaban J connectivity index is 2.48. The average Bonchev–Trinajstić information content (AvgIpc) is 2.33. The highest BCUT2D eigenvalue weighted by atomic mass is 16.1. The highest BCUT2D eigenvalue weighted by Crippen LogP contribution is 2.05. The first kappa shape index (κ1) is 15.9. The zero-order valence-electron chi connectivity index (χ0n) is 12.5. The van der Waals surface area contributed by atoms with Crippen LogP contribution < -0.4 is 11.0 Å². The Labute approximate surface area is 119 Å². The summed E-state index contributed by atoms with van der Waals surface area (Å²) < 4.78 is 0. The van der Waals surface area contributed by atoms with Gasteiger partial charge in [-0.15, -0.1) is 0 Å². The van der Waals surface area contributed by atoms with Gasteiger partial charge >= 0.3 is 0 Å². The molecule has 0 radical (unpaired) electrons. The van der Waals surface area contributed by atoms with Gasteiger partial charge in [-0.1, -0.05) is 17.2 Å². The summed E-state index contributed by atoms with van der Waals surface area (Å²) in [4.78, 5) is 17.9. The predicted molar refractivity (Wildman–Crippen MR) is 84.1 cm³/mol. The van der Waals surface area contributed by atoms with Crippen molar-refractivity contribution in [3.05, 3.63) is 45.4 Å². The number of hydrogen-bond donors (Lipinski definition) is 2. The van der Waals surface area contributed by atoms with Crippen LogP contribution in [0.25, 0.3) is 0 Å². The highest BCUT2D eigenvalue weighted by molar-refractivity contribution is 5.72. The van der Waals surface area contributed by atoms with Gasteiger partial charge in [0.05, 0.1) is 0 Å². The Morgan fingerprint density at radius 2 is 2.20 bits per heavy atom. The fraction of sp³-hybridized carbons (Fsp3) is 0.400. The number of aromatic amines is 1. The van der Waals surface area contributed by atoms with Crippen molar-refractivity contribution in [3.8, 4) is 0 Å². The molecule has 0 unspecified atom stereocenters. The molecule has 0 bridgehead atoms.